The van der Waals surface area contributed by atoms with Gasteiger partial charge in [0.15, 0.2) is 11.6 Å². The van der Waals surface area contributed by atoms with Crippen LogP contribution in [0.1, 0.15) is 15.9 Å². The third-order valence-corrected chi connectivity index (χ3v) is 3.83. The van der Waals surface area contributed by atoms with Gasteiger partial charge in [-0.2, -0.15) is 0 Å². The van der Waals surface area contributed by atoms with E-state index in [4.69, 9.17) is 0 Å². The standard InChI is InChI=1S/C20H16F3N3O/c21-15-3-1-13(2-4-15)7-9-24-19-11-14(8-10-25-19)20(27)26-16-5-6-17(22)18(23)12-16/h1-6,8,10-12H,7,9H2,(H,24,25)(H,26,27). The molecule has 7 heteroatoms. The first kappa shape index (κ1) is 18.4. The van der Waals surface area contributed by atoms with E-state index in [2.05, 4.69) is 15.6 Å². The van der Waals surface area contributed by atoms with Gasteiger partial charge >= 0.3 is 0 Å². The van der Waals surface area contributed by atoms with E-state index in [0.717, 1.165) is 17.7 Å². The number of rotatable bonds is 6. The fourth-order valence-corrected chi connectivity index (χ4v) is 2.43. The first-order valence-corrected chi connectivity index (χ1v) is 8.22. The van der Waals surface area contributed by atoms with Gasteiger partial charge in [-0.25, -0.2) is 18.2 Å². The molecule has 1 heterocycles. The molecular formula is C20H16F3N3O. The van der Waals surface area contributed by atoms with E-state index in [-0.39, 0.29) is 11.5 Å². The average molecular weight is 371 g/mol. The van der Waals surface area contributed by atoms with E-state index in [0.29, 0.717) is 24.3 Å². The van der Waals surface area contributed by atoms with Crippen molar-refractivity contribution in [2.75, 3.05) is 17.2 Å². The largest absolute Gasteiger partial charge is 0.370 e. The summed E-state index contributed by atoms with van der Waals surface area (Å²) in [6.45, 7) is 0.548. The van der Waals surface area contributed by atoms with Crippen LogP contribution >= 0.6 is 0 Å². The number of benzene rings is 2. The molecule has 4 nitrogen and oxygen atoms in total. The number of nitrogens with zero attached hydrogens (tertiary/aromatic N) is 1. The number of carbonyl (C=O) groups excluding carboxylic acids is 1. The van der Waals surface area contributed by atoms with E-state index in [1.54, 1.807) is 18.2 Å². The minimum Gasteiger partial charge on any atom is -0.370 e. The van der Waals surface area contributed by atoms with Gasteiger partial charge in [-0.05, 0) is 48.4 Å². The van der Waals surface area contributed by atoms with Gasteiger partial charge in [0.25, 0.3) is 5.91 Å². The molecule has 0 saturated carbocycles. The molecule has 0 aliphatic carbocycles. The normalized spacial score (nSPS) is 10.5. The summed E-state index contributed by atoms with van der Waals surface area (Å²) >= 11 is 0. The number of pyridine rings is 1. The van der Waals surface area contributed by atoms with Gasteiger partial charge in [0.2, 0.25) is 0 Å². The molecule has 0 atom stereocenters. The average Bonchev–Trinajstić information content (AvgIpc) is 2.66. The van der Waals surface area contributed by atoms with Crippen LogP contribution in [0.2, 0.25) is 0 Å². The first-order valence-electron chi connectivity index (χ1n) is 8.22. The van der Waals surface area contributed by atoms with E-state index in [9.17, 15) is 18.0 Å². The molecule has 0 unspecified atom stereocenters. The van der Waals surface area contributed by atoms with Gasteiger partial charge in [-0.1, -0.05) is 12.1 Å². The van der Waals surface area contributed by atoms with Gasteiger partial charge in [-0.3, -0.25) is 4.79 Å². The second-order valence-corrected chi connectivity index (χ2v) is 5.82. The second kappa shape index (κ2) is 8.35. The van der Waals surface area contributed by atoms with Crippen LogP contribution in [0.5, 0.6) is 0 Å². The van der Waals surface area contributed by atoms with Crippen molar-refractivity contribution in [3.63, 3.8) is 0 Å². The lowest BCUT2D eigenvalue weighted by atomic mass is 10.1. The summed E-state index contributed by atoms with van der Waals surface area (Å²) in [6, 6.07) is 12.4. The lowest BCUT2D eigenvalue weighted by Crippen LogP contribution is -2.13. The molecule has 0 bridgehead atoms. The lowest BCUT2D eigenvalue weighted by molar-refractivity contribution is 0.102. The van der Waals surface area contributed by atoms with Crippen molar-refractivity contribution in [3.05, 3.63) is 89.4 Å². The van der Waals surface area contributed by atoms with Crippen molar-refractivity contribution in [2.24, 2.45) is 0 Å². The summed E-state index contributed by atoms with van der Waals surface area (Å²) in [6.07, 6.45) is 2.13. The van der Waals surface area contributed by atoms with Gasteiger partial charge in [0.05, 0.1) is 0 Å². The summed E-state index contributed by atoms with van der Waals surface area (Å²) in [7, 11) is 0. The van der Waals surface area contributed by atoms with Crippen molar-refractivity contribution in [1.82, 2.24) is 4.98 Å². The summed E-state index contributed by atoms with van der Waals surface area (Å²) in [5.41, 5.74) is 1.44. The third kappa shape index (κ3) is 5.07. The van der Waals surface area contributed by atoms with Crippen LogP contribution in [0.3, 0.4) is 0 Å². The van der Waals surface area contributed by atoms with Crippen LogP contribution in [-0.2, 0) is 6.42 Å². The van der Waals surface area contributed by atoms with Crippen LogP contribution in [0.4, 0.5) is 24.7 Å². The third-order valence-electron chi connectivity index (χ3n) is 3.83. The van der Waals surface area contributed by atoms with Crippen molar-refractivity contribution in [1.29, 1.82) is 0 Å². The van der Waals surface area contributed by atoms with Crippen LogP contribution in [0, 0.1) is 17.5 Å². The smallest absolute Gasteiger partial charge is 0.255 e. The van der Waals surface area contributed by atoms with Crippen molar-refractivity contribution in [3.8, 4) is 0 Å². The highest BCUT2D eigenvalue weighted by Gasteiger charge is 2.09. The maximum Gasteiger partial charge on any atom is 0.255 e. The number of anilines is 2. The Hall–Kier alpha value is -3.35. The van der Waals surface area contributed by atoms with Crippen molar-refractivity contribution in [2.45, 2.75) is 6.42 Å². The zero-order valence-electron chi connectivity index (χ0n) is 14.2. The Morgan fingerprint density at radius 1 is 0.926 bits per heavy atom. The second-order valence-electron chi connectivity index (χ2n) is 5.82. The van der Waals surface area contributed by atoms with Gasteiger partial charge in [0, 0.05) is 30.1 Å². The molecule has 0 aliphatic rings. The SMILES string of the molecule is O=C(Nc1ccc(F)c(F)c1)c1ccnc(NCCc2ccc(F)cc2)c1. The Morgan fingerprint density at radius 3 is 2.44 bits per heavy atom. The van der Waals surface area contributed by atoms with Crippen molar-refractivity contribution < 1.29 is 18.0 Å². The van der Waals surface area contributed by atoms with Gasteiger partial charge in [-0.15, -0.1) is 0 Å². The van der Waals surface area contributed by atoms with E-state index < -0.39 is 17.5 Å². The number of aromatic nitrogens is 1. The molecule has 1 amide bonds. The topological polar surface area (TPSA) is 54.0 Å². The van der Waals surface area contributed by atoms with Crippen LogP contribution in [-0.4, -0.2) is 17.4 Å². The van der Waals surface area contributed by atoms with Crippen LogP contribution < -0.4 is 10.6 Å². The molecule has 138 valence electrons. The fourth-order valence-electron chi connectivity index (χ4n) is 2.43. The zero-order valence-corrected chi connectivity index (χ0v) is 14.2. The molecule has 0 radical (unpaired) electrons. The van der Waals surface area contributed by atoms with Gasteiger partial charge < -0.3 is 10.6 Å². The number of carbonyl (C=O) groups is 1. The monoisotopic (exact) mass is 371 g/mol. The predicted molar refractivity (Wildman–Crippen MR) is 97.1 cm³/mol. The Balaban J connectivity index is 1.59. The Morgan fingerprint density at radius 2 is 1.70 bits per heavy atom. The Kier molecular flexibility index (Phi) is 5.71. The Bertz CT molecular complexity index is 945. The highest BCUT2D eigenvalue weighted by molar-refractivity contribution is 6.04. The molecule has 2 aromatic carbocycles. The number of nitrogens with one attached hydrogen (secondary N) is 2. The number of hydrogen-bond donors (Lipinski definition) is 2. The van der Waals surface area contributed by atoms with E-state index >= 15 is 0 Å². The molecule has 1 aromatic heterocycles. The summed E-state index contributed by atoms with van der Waals surface area (Å²) in [4.78, 5) is 16.4. The lowest BCUT2D eigenvalue weighted by Gasteiger charge is -2.09. The maximum atomic E-state index is 13.2. The molecule has 3 rings (SSSR count). The molecular weight excluding hydrogens is 355 g/mol. The molecule has 3 aromatic rings. The molecule has 27 heavy (non-hydrogen) atoms. The van der Waals surface area contributed by atoms with Crippen molar-refractivity contribution >= 4 is 17.4 Å². The number of hydrogen-bond acceptors (Lipinski definition) is 3. The highest BCUT2D eigenvalue weighted by atomic mass is 19.2. The highest BCUT2D eigenvalue weighted by Crippen LogP contribution is 2.15. The van der Waals surface area contributed by atoms with Gasteiger partial charge in [0.1, 0.15) is 11.6 Å². The molecule has 2 N–H and O–H groups in total. The predicted octanol–water partition coefficient (Wildman–Crippen LogP) is 4.41. The number of halogens is 3. The minimum atomic E-state index is -1.04. The summed E-state index contributed by atoms with van der Waals surface area (Å²) in [5, 5.41) is 5.59. The van der Waals surface area contributed by atoms with E-state index in [1.807, 2.05) is 0 Å². The molecule has 0 fully saturated rings. The molecule has 0 spiro atoms. The molecule has 0 aliphatic heterocycles. The zero-order chi connectivity index (χ0) is 19.2. The summed E-state index contributed by atoms with van der Waals surface area (Å²) < 4.78 is 39.1. The minimum absolute atomic E-state index is 0.154. The number of amides is 1. The summed E-state index contributed by atoms with van der Waals surface area (Å²) in [5.74, 6) is -2.27. The quantitative estimate of drug-likeness (QED) is 0.675. The fraction of sp³-hybridized carbons (Fsp3) is 0.100. The first-order chi connectivity index (χ1) is 13.0. The van der Waals surface area contributed by atoms with Crippen LogP contribution in [0.25, 0.3) is 0 Å². The maximum absolute atomic E-state index is 13.2. The Labute approximate surface area is 154 Å². The molecule has 0 saturated heterocycles. The van der Waals surface area contributed by atoms with Crippen LogP contribution in [0.15, 0.2) is 60.8 Å². The van der Waals surface area contributed by atoms with E-state index in [1.165, 1.54) is 30.5 Å².